The lowest BCUT2D eigenvalue weighted by Crippen LogP contribution is -2.40. The van der Waals surface area contributed by atoms with Crippen LogP contribution in [-0.4, -0.2) is 46.4 Å². The number of hydrogen-bond acceptors (Lipinski definition) is 4. The van der Waals surface area contributed by atoms with Gasteiger partial charge in [0.05, 0.1) is 13.0 Å². The van der Waals surface area contributed by atoms with Gasteiger partial charge in [-0.1, -0.05) is 6.07 Å². The Morgan fingerprint density at radius 3 is 2.64 bits per heavy atom. The van der Waals surface area contributed by atoms with Gasteiger partial charge in [-0.25, -0.2) is 4.98 Å². The molecular formula is C16H19N3O3. The molecule has 116 valence electrons. The van der Waals surface area contributed by atoms with Gasteiger partial charge in [0.2, 0.25) is 0 Å². The van der Waals surface area contributed by atoms with Crippen LogP contribution in [0.25, 0.3) is 5.65 Å². The van der Waals surface area contributed by atoms with Crippen molar-refractivity contribution in [1.29, 1.82) is 0 Å². The number of hydrogen-bond donors (Lipinski definition) is 0. The first-order valence-electron chi connectivity index (χ1n) is 7.42. The number of nitrogens with zero attached hydrogens (tertiary/aromatic N) is 3. The highest BCUT2D eigenvalue weighted by Gasteiger charge is 2.29. The molecule has 0 N–H and O–H groups in total. The number of carbonyl (C=O) groups excluding carboxylic acids is 2. The van der Waals surface area contributed by atoms with E-state index in [-0.39, 0.29) is 17.8 Å². The number of pyridine rings is 1. The molecule has 1 amide bonds. The van der Waals surface area contributed by atoms with Crippen LogP contribution in [0.15, 0.2) is 24.4 Å². The van der Waals surface area contributed by atoms with E-state index in [2.05, 4.69) is 4.98 Å². The molecule has 0 radical (unpaired) electrons. The van der Waals surface area contributed by atoms with Gasteiger partial charge in [0, 0.05) is 25.0 Å². The zero-order valence-corrected chi connectivity index (χ0v) is 12.8. The fourth-order valence-corrected chi connectivity index (χ4v) is 2.90. The summed E-state index contributed by atoms with van der Waals surface area (Å²) in [4.78, 5) is 30.2. The first-order chi connectivity index (χ1) is 10.6. The maximum atomic E-state index is 12.6. The quantitative estimate of drug-likeness (QED) is 0.792. The summed E-state index contributed by atoms with van der Waals surface area (Å²) in [6, 6.07) is 5.78. The van der Waals surface area contributed by atoms with E-state index in [1.165, 1.54) is 7.11 Å². The maximum Gasteiger partial charge on any atom is 0.308 e. The second kappa shape index (κ2) is 5.79. The van der Waals surface area contributed by atoms with Crippen LogP contribution in [0.2, 0.25) is 0 Å². The van der Waals surface area contributed by atoms with Crippen LogP contribution in [0.4, 0.5) is 0 Å². The van der Waals surface area contributed by atoms with Crippen molar-refractivity contribution in [3.8, 4) is 0 Å². The number of carbonyl (C=O) groups is 2. The smallest absolute Gasteiger partial charge is 0.308 e. The molecule has 1 saturated heterocycles. The molecule has 1 fully saturated rings. The summed E-state index contributed by atoms with van der Waals surface area (Å²) in [6.45, 7) is 3.10. The molecular weight excluding hydrogens is 282 g/mol. The lowest BCUT2D eigenvalue weighted by molar-refractivity contribution is -0.146. The Morgan fingerprint density at radius 1 is 1.27 bits per heavy atom. The summed E-state index contributed by atoms with van der Waals surface area (Å²) in [5, 5.41) is 0. The van der Waals surface area contributed by atoms with Crippen LogP contribution in [0, 0.1) is 12.8 Å². The van der Waals surface area contributed by atoms with E-state index >= 15 is 0 Å². The van der Waals surface area contributed by atoms with Crippen molar-refractivity contribution in [1.82, 2.24) is 14.3 Å². The van der Waals surface area contributed by atoms with Crippen LogP contribution in [0.3, 0.4) is 0 Å². The van der Waals surface area contributed by atoms with Crippen molar-refractivity contribution in [2.45, 2.75) is 19.8 Å². The minimum absolute atomic E-state index is 0.0774. The fraction of sp³-hybridized carbons (Fsp3) is 0.438. The van der Waals surface area contributed by atoms with E-state index in [0.29, 0.717) is 31.6 Å². The molecule has 0 atom stereocenters. The molecule has 0 spiro atoms. The molecule has 0 bridgehead atoms. The molecule has 3 heterocycles. The molecule has 3 rings (SSSR count). The number of fused-ring (bicyclic) bond motifs is 1. The van der Waals surface area contributed by atoms with Gasteiger partial charge in [-0.05, 0) is 31.9 Å². The van der Waals surface area contributed by atoms with E-state index in [9.17, 15) is 9.59 Å². The highest BCUT2D eigenvalue weighted by atomic mass is 16.5. The normalized spacial score (nSPS) is 16.0. The number of esters is 1. The minimum Gasteiger partial charge on any atom is -0.469 e. The average Bonchev–Trinajstić information content (AvgIpc) is 2.99. The monoisotopic (exact) mass is 301 g/mol. The lowest BCUT2D eigenvalue weighted by Gasteiger charge is -2.30. The minimum atomic E-state index is -0.185. The van der Waals surface area contributed by atoms with E-state index in [0.717, 1.165) is 11.3 Å². The second-order valence-electron chi connectivity index (χ2n) is 5.61. The predicted molar refractivity (Wildman–Crippen MR) is 80.6 cm³/mol. The molecule has 0 aromatic carbocycles. The summed E-state index contributed by atoms with van der Waals surface area (Å²) >= 11 is 0. The zero-order valence-electron chi connectivity index (χ0n) is 12.8. The van der Waals surface area contributed by atoms with Gasteiger partial charge in [-0.2, -0.15) is 0 Å². The summed E-state index contributed by atoms with van der Waals surface area (Å²) in [5.74, 6) is -0.362. The Labute approximate surface area is 128 Å². The van der Waals surface area contributed by atoms with Crippen molar-refractivity contribution in [3.05, 3.63) is 35.8 Å². The topological polar surface area (TPSA) is 63.9 Å². The number of likely N-dealkylation sites (tertiary alicyclic amines) is 1. The van der Waals surface area contributed by atoms with Crippen molar-refractivity contribution in [2.75, 3.05) is 20.2 Å². The fourth-order valence-electron chi connectivity index (χ4n) is 2.90. The van der Waals surface area contributed by atoms with Crippen molar-refractivity contribution in [3.63, 3.8) is 0 Å². The molecule has 2 aromatic heterocycles. The number of aromatic nitrogens is 2. The Hall–Kier alpha value is -2.37. The Kier molecular flexibility index (Phi) is 3.83. The van der Waals surface area contributed by atoms with Gasteiger partial charge >= 0.3 is 5.97 Å². The third-order valence-corrected chi connectivity index (χ3v) is 4.23. The number of imidazole rings is 1. The third kappa shape index (κ3) is 2.56. The first-order valence-corrected chi connectivity index (χ1v) is 7.42. The van der Waals surface area contributed by atoms with E-state index in [1.807, 2.05) is 29.5 Å². The number of methoxy groups -OCH3 is 1. The van der Waals surface area contributed by atoms with E-state index in [1.54, 1.807) is 11.1 Å². The number of ether oxygens (including phenoxy) is 1. The molecule has 0 saturated carbocycles. The molecule has 2 aromatic rings. The van der Waals surface area contributed by atoms with Gasteiger partial charge < -0.3 is 14.0 Å². The van der Waals surface area contributed by atoms with E-state index in [4.69, 9.17) is 4.74 Å². The van der Waals surface area contributed by atoms with Gasteiger partial charge in [0.1, 0.15) is 11.3 Å². The molecule has 22 heavy (non-hydrogen) atoms. The Balaban J connectivity index is 1.74. The Bertz CT molecular complexity index is 714. The summed E-state index contributed by atoms with van der Waals surface area (Å²) in [6.07, 6.45) is 3.06. The second-order valence-corrected chi connectivity index (χ2v) is 5.61. The SMILES string of the molecule is COC(=O)C1CCN(C(=O)c2cn3c(C)cccc3n2)CC1. The molecule has 0 unspecified atom stereocenters. The lowest BCUT2D eigenvalue weighted by atomic mass is 9.97. The van der Waals surface area contributed by atoms with E-state index < -0.39 is 0 Å². The standard InChI is InChI=1S/C16H19N3O3/c1-11-4-3-5-14-17-13(10-19(11)14)15(20)18-8-6-12(7-9-18)16(21)22-2/h3-5,10,12H,6-9H2,1-2H3. The summed E-state index contributed by atoms with van der Waals surface area (Å²) < 4.78 is 6.68. The van der Waals surface area contributed by atoms with Gasteiger partial charge in [0.25, 0.3) is 5.91 Å². The maximum absolute atomic E-state index is 12.6. The summed E-state index contributed by atoms with van der Waals surface area (Å²) in [7, 11) is 1.40. The molecule has 0 aliphatic carbocycles. The highest BCUT2D eigenvalue weighted by molar-refractivity contribution is 5.93. The Morgan fingerprint density at radius 2 is 2.00 bits per heavy atom. The van der Waals surface area contributed by atoms with Gasteiger partial charge in [-0.15, -0.1) is 0 Å². The number of rotatable bonds is 2. The zero-order chi connectivity index (χ0) is 15.7. The third-order valence-electron chi connectivity index (χ3n) is 4.23. The molecule has 6 heteroatoms. The summed E-state index contributed by atoms with van der Waals surface area (Å²) in [5.41, 5.74) is 2.26. The number of piperidine rings is 1. The van der Waals surface area contributed by atoms with Gasteiger partial charge in [-0.3, -0.25) is 9.59 Å². The van der Waals surface area contributed by atoms with Crippen LogP contribution in [0.1, 0.15) is 29.0 Å². The number of aryl methyl sites for hydroxylation is 1. The number of amides is 1. The van der Waals surface area contributed by atoms with Crippen molar-refractivity contribution < 1.29 is 14.3 Å². The molecule has 1 aliphatic heterocycles. The molecule has 1 aliphatic rings. The van der Waals surface area contributed by atoms with Crippen molar-refractivity contribution in [2.24, 2.45) is 5.92 Å². The average molecular weight is 301 g/mol. The highest BCUT2D eigenvalue weighted by Crippen LogP contribution is 2.20. The predicted octanol–water partition coefficient (Wildman–Crippen LogP) is 1.67. The van der Waals surface area contributed by atoms with Gasteiger partial charge in [0.15, 0.2) is 0 Å². The van der Waals surface area contributed by atoms with Crippen LogP contribution >= 0.6 is 0 Å². The molecule has 6 nitrogen and oxygen atoms in total. The van der Waals surface area contributed by atoms with Crippen molar-refractivity contribution >= 4 is 17.5 Å². The van der Waals surface area contributed by atoms with Crippen LogP contribution < -0.4 is 0 Å². The first kappa shape index (κ1) is 14.6. The van der Waals surface area contributed by atoms with Crippen LogP contribution in [-0.2, 0) is 9.53 Å². The van der Waals surface area contributed by atoms with Crippen LogP contribution in [0.5, 0.6) is 0 Å². The largest absolute Gasteiger partial charge is 0.469 e.